The van der Waals surface area contributed by atoms with Crippen molar-refractivity contribution < 1.29 is 22.4 Å². The Morgan fingerprint density at radius 2 is 1.58 bits per heavy atom. The molecule has 0 bridgehead atoms. The highest BCUT2D eigenvalue weighted by Gasteiger charge is 2.23. The highest BCUT2D eigenvalue weighted by molar-refractivity contribution is 7.90. The van der Waals surface area contributed by atoms with Crippen LogP contribution in [0.1, 0.15) is 31.5 Å². The molecule has 4 aromatic rings. The molecular weight excluding hydrogens is 462 g/mol. The highest BCUT2D eigenvalue weighted by Crippen LogP contribution is 2.27. The standard InChI is InChI=1S/C23H19N3O5S2/c1-15-20(32-23(24-15)16-8-4-2-5-9-16)22(28)26-25-21(27)19-17(12-13-31-19)14-33(29,30)18-10-6-3-7-11-18/h2-13H,14H2,1H3,(H,25,27)(H,26,28). The maximum atomic E-state index is 12.6. The van der Waals surface area contributed by atoms with Gasteiger partial charge in [-0.25, -0.2) is 13.4 Å². The Bertz CT molecular complexity index is 1390. The summed E-state index contributed by atoms with van der Waals surface area (Å²) < 4.78 is 30.5. The van der Waals surface area contributed by atoms with Crippen molar-refractivity contribution >= 4 is 33.0 Å². The Morgan fingerprint density at radius 3 is 2.27 bits per heavy atom. The number of carbonyl (C=O) groups excluding carboxylic acids is 2. The quantitative estimate of drug-likeness (QED) is 0.405. The number of sulfone groups is 1. The highest BCUT2D eigenvalue weighted by atomic mass is 32.2. The van der Waals surface area contributed by atoms with Gasteiger partial charge < -0.3 is 4.42 Å². The number of nitrogens with one attached hydrogen (secondary N) is 2. The van der Waals surface area contributed by atoms with E-state index in [1.165, 1.54) is 35.8 Å². The largest absolute Gasteiger partial charge is 0.459 e. The van der Waals surface area contributed by atoms with Crippen LogP contribution >= 0.6 is 11.3 Å². The van der Waals surface area contributed by atoms with Crippen molar-refractivity contribution in [3.63, 3.8) is 0 Å². The zero-order valence-electron chi connectivity index (χ0n) is 17.4. The van der Waals surface area contributed by atoms with Crippen molar-refractivity contribution in [1.29, 1.82) is 0 Å². The van der Waals surface area contributed by atoms with E-state index in [0.717, 1.165) is 5.56 Å². The molecule has 8 nitrogen and oxygen atoms in total. The second kappa shape index (κ2) is 9.39. The number of aryl methyl sites for hydroxylation is 1. The molecular formula is C23H19N3O5S2. The number of carbonyl (C=O) groups is 2. The molecule has 0 aliphatic rings. The zero-order chi connectivity index (χ0) is 23.4. The number of hydrogen-bond donors (Lipinski definition) is 2. The van der Waals surface area contributed by atoms with Crippen molar-refractivity contribution in [3.8, 4) is 10.6 Å². The third-order valence-corrected chi connectivity index (χ3v) is 7.60. The third kappa shape index (κ3) is 5.02. The molecule has 4 rings (SSSR count). The molecule has 2 N–H and O–H groups in total. The van der Waals surface area contributed by atoms with Gasteiger partial charge in [0.15, 0.2) is 15.6 Å². The van der Waals surface area contributed by atoms with E-state index in [2.05, 4.69) is 15.8 Å². The van der Waals surface area contributed by atoms with Gasteiger partial charge in [0.1, 0.15) is 9.88 Å². The number of hydrogen-bond acceptors (Lipinski definition) is 7. The predicted molar refractivity (Wildman–Crippen MR) is 123 cm³/mol. The molecule has 0 saturated heterocycles. The Labute approximate surface area is 194 Å². The van der Waals surface area contributed by atoms with Crippen LogP contribution in [0, 0.1) is 6.92 Å². The van der Waals surface area contributed by atoms with Gasteiger partial charge in [-0.2, -0.15) is 0 Å². The summed E-state index contributed by atoms with van der Waals surface area (Å²) in [5, 5.41) is 0.684. The van der Waals surface area contributed by atoms with Crippen LogP contribution in [0.4, 0.5) is 0 Å². The molecule has 0 saturated carbocycles. The van der Waals surface area contributed by atoms with Crippen molar-refractivity contribution in [3.05, 3.63) is 94.9 Å². The molecule has 2 amide bonds. The average molecular weight is 482 g/mol. The molecule has 0 radical (unpaired) electrons. The summed E-state index contributed by atoms with van der Waals surface area (Å²) in [6.45, 7) is 1.71. The van der Waals surface area contributed by atoms with Gasteiger partial charge in [0.2, 0.25) is 0 Å². The molecule has 0 fully saturated rings. The number of nitrogens with zero attached hydrogens (tertiary/aromatic N) is 1. The fourth-order valence-electron chi connectivity index (χ4n) is 3.10. The van der Waals surface area contributed by atoms with E-state index in [-0.39, 0.29) is 16.2 Å². The summed E-state index contributed by atoms with van der Waals surface area (Å²) >= 11 is 1.20. The van der Waals surface area contributed by atoms with Crippen molar-refractivity contribution in [2.75, 3.05) is 0 Å². The number of amides is 2. The Balaban J connectivity index is 1.44. The molecule has 0 atom stereocenters. The van der Waals surface area contributed by atoms with Gasteiger partial charge in [0.05, 0.1) is 22.6 Å². The first kappa shape index (κ1) is 22.4. The van der Waals surface area contributed by atoms with E-state index in [9.17, 15) is 18.0 Å². The van der Waals surface area contributed by atoms with Crippen molar-refractivity contribution in [1.82, 2.24) is 15.8 Å². The topological polar surface area (TPSA) is 118 Å². The molecule has 2 aromatic carbocycles. The van der Waals surface area contributed by atoms with Crippen molar-refractivity contribution in [2.45, 2.75) is 17.6 Å². The third-order valence-electron chi connectivity index (χ3n) is 4.71. The van der Waals surface area contributed by atoms with Gasteiger partial charge >= 0.3 is 5.91 Å². The molecule has 0 aliphatic heterocycles. The van der Waals surface area contributed by atoms with E-state index < -0.39 is 27.4 Å². The van der Waals surface area contributed by atoms with Crippen LogP contribution in [-0.4, -0.2) is 25.2 Å². The molecule has 2 aromatic heterocycles. The van der Waals surface area contributed by atoms with Crippen LogP contribution in [0.25, 0.3) is 10.6 Å². The van der Waals surface area contributed by atoms with E-state index >= 15 is 0 Å². The second-order valence-electron chi connectivity index (χ2n) is 7.05. The summed E-state index contributed by atoms with van der Waals surface area (Å²) in [6, 6.07) is 18.8. The van der Waals surface area contributed by atoms with E-state index in [1.54, 1.807) is 25.1 Å². The van der Waals surface area contributed by atoms with Crippen LogP contribution in [0.15, 0.2) is 82.3 Å². The number of thiazole rings is 1. The minimum atomic E-state index is -3.68. The zero-order valence-corrected chi connectivity index (χ0v) is 19.1. The van der Waals surface area contributed by atoms with Gasteiger partial charge in [0.25, 0.3) is 5.91 Å². The Hall–Kier alpha value is -3.76. The first-order chi connectivity index (χ1) is 15.8. The lowest BCUT2D eigenvalue weighted by molar-refractivity contribution is 0.0831. The van der Waals surface area contributed by atoms with Crippen LogP contribution in [0.2, 0.25) is 0 Å². The molecule has 168 valence electrons. The summed E-state index contributed by atoms with van der Waals surface area (Å²) in [4.78, 5) is 30.1. The van der Waals surface area contributed by atoms with Gasteiger partial charge in [-0.05, 0) is 25.1 Å². The Morgan fingerprint density at radius 1 is 0.939 bits per heavy atom. The number of furan rings is 1. The summed E-state index contributed by atoms with van der Waals surface area (Å²) in [7, 11) is -3.68. The van der Waals surface area contributed by atoms with Crippen LogP contribution in [-0.2, 0) is 15.6 Å². The smallest absolute Gasteiger partial charge is 0.305 e. The fourth-order valence-corrected chi connectivity index (χ4v) is 5.44. The number of rotatable bonds is 6. The SMILES string of the molecule is Cc1nc(-c2ccccc2)sc1C(=O)NNC(=O)c1occc1CS(=O)(=O)c1ccccc1. The first-order valence-corrected chi connectivity index (χ1v) is 12.3. The van der Waals surface area contributed by atoms with E-state index in [4.69, 9.17) is 4.42 Å². The normalized spacial score (nSPS) is 11.2. The minimum absolute atomic E-state index is 0.140. The predicted octanol–water partition coefficient (Wildman–Crippen LogP) is 3.76. The van der Waals surface area contributed by atoms with Gasteiger partial charge in [-0.1, -0.05) is 48.5 Å². The van der Waals surface area contributed by atoms with Crippen molar-refractivity contribution in [2.24, 2.45) is 0 Å². The van der Waals surface area contributed by atoms with Gasteiger partial charge in [-0.15, -0.1) is 11.3 Å². The lowest BCUT2D eigenvalue weighted by atomic mass is 10.2. The maximum Gasteiger partial charge on any atom is 0.305 e. The number of hydrazine groups is 1. The average Bonchev–Trinajstić information content (AvgIpc) is 3.44. The molecule has 0 spiro atoms. The van der Waals surface area contributed by atoms with E-state index in [1.807, 2.05) is 30.3 Å². The monoisotopic (exact) mass is 481 g/mol. The molecule has 2 heterocycles. The molecule has 0 aliphatic carbocycles. The van der Waals surface area contributed by atoms with Crippen LogP contribution in [0.5, 0.6) is 0 Å². The van der Waals surface area contributed by atoms with Gasteiger partial charge in [-0.3, -0.25) is 20.4 Å². The maximum absolute atomic E-state index is 12.6. The van der Waals surface area contributed by atoms with Gasteiger partial charge in [0, 0.05) is 11.1 Å². The molecule has 33 heavy (non-hydrogen) atoms. The number of aromatic nitrogens is 1. The molecule has 10 heteroatoms. The lowest BCUT2D eigenvalue weighted by Gasteiger charge is -2.07. The number of benzene rings is 2. The Kier molecular flexibility index (Phi) is 6.38. The molecule has 0 unspecified atom stereocenters. The summed E-state index contributed by atoms with van der Waals surface area (Å²) in [5.41, 5.74) is 6.21. The lowest BCUT2D eigenvalue weighted by Crippen LogP contribution is -2.41. The summed E-state index contributed by atoms with van der Waals surface area (Å²) in [6.07, 6.45) is 1.23. The second-order valence-corrected chi connectivity index (χ2v) is 10.0. The van der Waals surface area contributed by atoms with Crippen LogP contribution < -0.4 is 10.9 Å². The van der Waals surface area contributed by atoms with E-state index in [0.29, 0.717) is 15.6 Å². The summed E-state index contributed by atoms with van der Waals surface area (Å²) in [5.74, 6) is -1.91. The minimum Gasteiger partial charge on any atom is -0.459 e. The fraction of sp³-hybridized carbons (Fsp3) is 0.0870. The first-order valence-electron chi connectivity index (χ1n) is 9.83. The van der Waals surface area contributed by atoms with Crippen LogP contribution in [0.3, 0.4) is 0 Å².